The quantitative estimate of drug-likeness (QED) is 0.287. The molecule has 156 valence electrons. The first-order chi connectivity index (χ1) is 12.3. The van der Waals surface area contributed by atoms with Gasteiger partial charge in [-0.3, -0.25) is 0 Å². The Labute approximate surface area is 156 Å². The minimum Gasteiger partial charge on any atom is -0.478 e. The van der Waals surface area contributed by atoms with Crippen LogP contribution in [0.15, 0.2) is 12.7 Å². The second-order valence-corrected chi connectivity index (χ2v) is 5.89. The summed E-state index contributed by atoms with van der Waals surface area (Å²) < 4.78 is 21.7. The van der Waals surface area contributed by atoms with Crippen LogP contribution in [-0.4, -0.2) is 85.3 Å². The molecule has 0 saturated heterocycles. The summed E-state index contributed by atoms with van der Waals surface area (Å²) in [6, 6.07) is 0. The highest BCUT2D eigenvalue weighted by Crippen LogP contribution is 2.01. The van der Waals surface area contributed by atoms with Crippen LogP contribution in [0.25, 0.3) is 0 Å². The smallest absolute Gasteiger partial charge is 0.327 e. The van der Waals surface area contributed by atoms with Crippen LogP contribution in [-0.2, 0) is 23.7 Å². The Hall–Kier alpha value is -1.03. The first kappa shape index (κ1) is 27.2. The second kappa shape index (κ2) is 18.8. The zero-order chi connectivity index (χ0) is 20.4. The van der Waals surface area contributed by atoms with Gasteiger partial charge in [-0.05, 0) is 27.2 Å². The molecule has 3 N–H and O–H groups in total. The average Bonchev–Trinajstić information content (AvgIpc) is 2.63. The van der Waals surface area contributed by atoms with Gasteiger partial charge in [0.15, 0.2) is 0 Å². The van der Waals surface area contributed by atoms with E-state index in [4.69, 9.17) is 29.2 Å². The van der Waals surface area contributed by atoms with Crippen molar-refractivity contribution in [3.8, 4) is 0 Å². The van der Waals surface area contributed by atoms with Crippen molar-refractivity contribution in [3.63, 3.8) is 0 Å². The van der Waals surface area contributed by atoms with E-state index in [1.165, 1.54) is 0 Å². The molecule has 0 fully saturated rings. The molecule has 0 saturated carbocycles. The number of ether oxygens (including phenoxy) is 4. The van der Waals surface area contributed by atoms with E-state index in [0.29, 0.717) is 26.4 Å². The van der Waals surface area contributed by atoms with Gasteiger partial charge in [-0.15, -0.1) is 0 Å². The fourth-order valence-electron chi connectivity index (χ4n) is 1.44. The predicted molar refractivity (Wildman–Crippen MR) is 98.3 cm³/mol. The molecule has 0 aliphatic heterocycles. The minimum absolute atomic E-state index is 0.00419. The molecule has 0 aromatic carbocycles. The SMILES string of the molecule is C=CC(=O)O.CCCOCC(O)COC(C)COC(C)COC(C)CO. The van der Waals surface area contributed by atoms with E-state index >= 15 is 0 Å². The molecule has 4 atom stereocenters. The highest BCUT2D eigenvalue weighted by molar-refractivity contribution is 5.78. The van der Waals surface area contributed by atoms with E-state index in [1.54, 1.807) is 6.92 Å². The summed E-state index contributed by atoms with van der Waals surface area (Å²) in [6.07, 6.45) is 0.812. The predicted octanol–water partition coefficient (Wildman–Crippen LogP) is 1.24. The maximum atomic E-state index is 9.64. The van der Waals surface area contributed by atoms with Crippen LogP contribution < -0.4 is 0 Å². The standard InChI is InChI=1S/C15H32O6.C3H4O2/c1-5-6-18-10-15(17)11-21-14(4)9-20-13(3)8-19-12(2)7-16;1-2-3(4)5/h12-17H,5-11H2,1-4H3;2H,1H2,(H,4,5). The molecule has 26 heavy (non-hydrogen) atoms. The first-order valence-electron chi connectivity index (χ1n) is 8.83. The van der Waals surface area contributed by atoms with Crippen LogP contribution in [0.3, 0.4) is 0 Å². The van der Waals surface area contributed by atoms with E-state index in [-0.39, 0.29) is 31.5 Å². The maximum absolute atomic E-state index is 9.64. The molecule has 4 unspecified atom stereocenters. The van der Waals surface area contributed by atoms with Gasteiger partial charge in [-0.25, -0.2) is 4.79 Å². The van der Waals surface area contributed by atoms with Gasteiger partial charge >= 0.3 is 5.97 Å². The van der Waals surface area contributed by atoms with E-state index < -0.39 is 12.1 Å². The third-order valence-corrected chi connectivity index (χ3v) is 2.89. The highest BCUT2D eigenvalue weighted by Gasteiger charge is 2.11. The van der Waals surface area contributed by atoms with Crippen molar-refractivity contribution >= 4 is 5.97 Å². The molecule has 0 aliphatic carbocycles. The van der Waals surface area contributed by atoms with E-state index in [2.05, 4.69) is 6.58 Å². The van der Waals surface area contributed by atoms with E-state index in [9.17, 15) is 9.90 Å². The molecule has 0 radical (unpaired) electrons. The lowest BCUT2D eigenvalue weighted by molar-refractivity contribution is -0.131. The van der Waals surface area contributed by atoms with Crippen LogP contribution in [0.1, 0.15) is 34.1 Å². The molecule has 0 aromatic rings. The molecule has 0 rings (SSSR count). The lowest BCUT2D eigenvalue weighted by Gasteiger charge is -2.20. The van der Waals surface area contributed by atoms with Crippen LogP contribution in [0.5, 0.6) is 0 Å². The lowest BCUT2D eigenvalue weighted by Crippen LogP contribution is -2.29. The number of aliphatic carboxylic acids is 1. The monoisotopic (exact) mass is 380 g/mol. The average molecular weight is 380 g/mol. The summed E-state index contributed by atoms with van der Waals surface area (Å²) >= 11 is 0. The number of hydrogen-bond donors (Lipinski definition) is 3. The Morgan fingerprint density at radius 2 is 1.46 bits per heavy atom. The van der Waals surface area contributed by atoms with Crippen LogP contribution >= 0.6 is 0 Å². The molecule has 0 aromatic heterocycles. The summed E-state index contributed by atoms with van der Waals surface area (Å²) in [6.45, 7) is 12.6. The van der Waals surface area contributed by atoms with Crippen LogP contribution in [0.4, 0.5) is 0 Å². The van der Waals surface area contributed by atoms with E-state index in [1.807, 2.05) is 20.8 Å². The number of carboxylic acid groups (broad SMARTS) is 1. The molecule has 0 amide bonds. The van der Waals surface area contributed by atoms with E-state index in [0.717, 1.165) is 12.5 Å². The van der Waals surface area contributed by atoms with Gasteiger partial charge in [0.25, 0.3) is 0 Å². The number of hydrogen-bond acceptors (Lipinski definition) is 7. The third-order valence-electron chi connectivity index (χ3n) is 2.89. The first-order valence-corrected chi connectivity index (χ1v) is 8.83. The van der Waals surface area contributed by atoms with Gasteiger partial charge in [0.05, 0.1) is 51.3 Å². The molecule has 8 nitrogen and oxygen atoms in total. The molecule has 0 spiro atoms. The van der Waals surface area contributed by atoms with Gasteiger partial charge in [-0.2, -0.15) is 0 Å². The zero-order valence-corrected chi connectivity index (χ0v) is 16.4. The summed E-state index contributed by atoms with van der Waals surface area (Å²) in [5.41, 5.74) is 0. The van der Waals surface area contributed by atoms with Gasteiger partial charge in [0.2, 0.25) is 0 Å². The summed E-state index contributed by atoms with van der Waals surface area (Å²) in [7, 11) is 0. The Bertz CT molecular complexity index is 337. The van der Waals surface area contributed by atoms with Crippen molar-refractivity contribution < 1.29 is 39.1 Å². The third kappa shape index (κ3) is 21.0. The Balaban J connectivity index is 0. The van der Waals surface area contributed by atoms with Crippen molar-refractivity contribution in [3.05, 3.63) is 12.7 Å². The van der Waals surface area contributed by atoms with Gasteiger partial charge in [-0.1, -0.05) is 13.5 Å². The van der Waals surface area contributed by atoms with Crippen molar-refractivity contribution in [2.45, 2.75) is 58.5 Å². The molecule has 8 heteroatoms. The lowest BCUT2D eigenvalue weighted by atomic mass is 10.3. The molecule has 0 aliphatic rings. The molecule has 0 bridgehead atoms. The molecular formula is C18H36O8. The van der Waals surface area contributed by atoms with Crippen molar-refractivity contribution in [2.75, 3.05) is 39.6 Å². The Kier molecular flexibility index (Phi) is 19.6. The fraction of sp³-hybridized carbons (Fsp3) is 0.833. The summed E-state index contributed by atoms with van der Waals surface area (Å²) in [5, 5.41) is 26.1. The summed E-state index contributed by atoms with van der Waals surface area (Å²) in [4.78, 5) is 9.25. The number of rotatable bonds is 15. The van der Waals surface area contributed by atoms with Crippen LogP contribution in [0.2, 0.25) is 0 Å². The maximum Gasteiger partial charge on any atom is 0.327 e. The van der Waals surface area contributed by atoms with Gasteiger partial charge in [0.1, 0.15) is 6.10 Å². The number of aliphatic hydroxyl groups is 2. The fourth-order valence-corrected chi connectivity index (χ4v) is 1.44. The minimum atomic E-state index is -0.981. The van der Waals surface area contributed by atoms with Crippen molar-refractivity contribution in [2.24, 2.45) is 0 Å². The second-order valence-electron chi connectivity index (χ2n) is 5.89. The van der Waals surface area contributed by atoms with Gasteiger partial charge < -0.3 is 34.3 Å². The topological polar surface area (TPSA) is 115 Å². The number of carbonyl (C=O) groups is 1. The molecular weight excluding hydrogens is 344 g/mol. The number of aliphatic hydroxyl groups excluding tert-OH is 2. The highest BCUT2D eigenvalue weighted by atomic mass is 16.6. The van der Waals surface area contributed by atoms with Crippen molar-refractivity contribution in [1.82, 2.24) is 0 Å². The summed E-state index contributed by atoms with van der Waals surface area (Å²) in [5.74, 6) is -0.981. The normalized spacial score (nSPS) is 15.3. The zero-order valence-electron chi connectivity index (χ0n) is 16.4. The number of carboxylic acids is 1. The Morgan fingerprint density at radius 1 is 1.00 bits per heavy atom. The van der Waals surface area contributed by atoms with Crippen molar-refractivity contribution in [1.29, 1.82) is 0 Å². The largest absolute Gasteiger partial charge is 0.478 e. The van der Waals surface area contributed by atoms with Gasteiger partial charge in [0, 0.05) is 12.7 Å². The Morgan fingerprint density at radius 3 is 1.88 bits per heavy atom. The molecule has 0 heterocycles. The van der Waals surface area contributed by atoms with Crippen LogP contribution in [0, 0.1) is 0 Å².